The predicted molar refractivity (Wildman–Crippen MR) is 88.7 cm³/mol. The molecule has 0 amide bonds. The third-order valence-electron chi connectivity index (χ3n) is 3.12. The van der Waals surface area contributed by atoms with Crippen LogP contribution in [0, 0.1) is 0 Å². The number of ether oxygens (including phenoxy) is 1. The molecule has 0 saturated heterocycles. The fourth-order valence-electron chi connectivity index (χ4n) is 2.09. The average Bonchev–Trinajstić information content (AvgIpc) is 3.09. The lowest BCUT2D eigenvalue weighted by Crippen LogP contribution is -2.02. The van der Waals surface area contributed by atoms with Crippen molar-refractivity contribution >= 4 is 23.2 Å². The molecule has 0 aliphatic carbocycles. The maximum atomic E-state index is 6.12. The average molecular weight is 350 g/mol. The SMILES string of the molecule is CCCOc1ncnc(-c2ccc(Cl)c(Cl)c2)c1-c1cn[nH]n1. The second kappa shape index (κ2) is 6.93. The standard InChI is InChI=1S/C15H13Cl2N5O/c1-2-5-23-15-13(12-7-20-22-21-12)14(18-8-19-15)9-3-4-10(16)11(17)6-9/h3-4,6-8H,2,5H2,1H3,(H,20,21,22). The molecule has 3 rings (SSSR count). The van der Waals surface area contributed by atoms with Gasteiger partial charge in [0.05, 0.1) is 34.1 Å². The van der Waals surface area contributed by atoms with Gasteiger partial charge in [-0.15, -0.1) is 0 Å². The van der Waals surface area contributed by atoms with E-state index in [1.165, 1.54) is 6.33 Å². The summed E-state index contributed by atoms with van der Waals surface area (Å²) < 4.78 is 5.73. The molecule has 0 fully saturated rings. The number of benzene rings is 1. The summed E-state index contributed by atoms with van der Waals surface area (Å²) in [5.74, 6) is 0.455. The van der Waals surface area contributed by atoms with Gasteiger partial charge in [-0.3, -0.25) is 0 Å². The number of aromatic amines is 1. The zero-order valence-corrected chi connectivity index (χ0v) is 13.8. The van der Waals surface area contributed by atoms with E-state index in [1.807, 2.05) is 13.0 Å². The van der Waals surface area contributed by atoms with E-state index in [2.05, 4.69) is 25.4 Å². The number of halogens is 2. The molecule has 2 aromatic heterocycles. The van der Waals surface area contributed by atoms with Crippen LogP contribution in [0.25, 0.3) is 22.5 Å². The molecular weight excluding hydrogens is 337 g/mol. The van der Waals surface area contributed by atoms with Crippen molar-refractivity contribution in [2.45, 2.75) is 13.3 Å². The number of nitrogens with one attached hydrogen (secondary N) is 1. The molecule has 118 valence electrons. The minimum atomic E-state index is 0.449. The summed E-state index contributed by atoms with van der Waals surface area (Å²) in [5, 5.41) is 11.5. The Bertz CT molecular complexity index is 808. The van der Waals surface area contributed by atoms with Gasteiger partial charge in [0.15, 0.2) is 0 Å². The molecule has 1 aromatic carbocycles. The van der Waals surface area contributed by atoms with Crippen molar-refractivity contribution in [1.29, 1.82) is 0 Å². The van der Waals surface area contributed by atoms with Gasteiger partial charge in [0, 0.05) is 5.56 Å². The summed E-state index contributed by atoms with van der Waals surface area (Å²) in [5.41, 5.74) is 2.70. The highest BCUT2D eigenvalue weighted by Crippen LogP contribution is 2.37. The molecule has 0 aliphatic heterocycles. The Labute approximate surface area is 142 Å². The largest absolute Gasteiger partial charge is 0.477 e. The van der Waals surface area contributed by atoms with Crippen molar-refractivity contribution < 1.29 is 4.74 Å². The minimum Gasteiger partial charge on any atom is -0.477 e. The van der Waals surface area contributed by atoms with Crippen molar-refractivity contribution in [3.8, 4) is 28.4 Å². The molecule has 0 radical (unpaired) electrons. The van der Waals surface area contributed by atoms with Gasteiger partial charge in [-0.05, 0) is 18.6 Å². The molecule has 3 aromatic rings. The summed E-state index contributed by atoms with van der Waals surface area (Å²) in [7, 11) is 0. The van der Waals surface area contributed by atoms with E-state index >= 15 is 0 Å². The van der Waals surface area contributed by atoms with Crippen LogP contribution in [-0.4, -0.2) is 32.0 Å². The minimum absolute atomic E-state index is 0.449. The molecule has 6 nitrogen and oxygen atoms in total. The van der Waals surface area contributed by atoms with E-state index < -0.39 is 0 Å². The normalized spacial score (nSPS) is 10.7. The topological polar surface area (TPSA) is 76.6 Å². The highest BCUT2D eigenvalue weighted by atomic mass is 35.5. The molecule has 0 bridgehead atoms. The summed E-state index contributed by atoms with van der Waals surface area (Å²) in [6, 6.07) is 5.31. The van der Waals surface area contributed by atoms with Gasteiger partial charge in [-0.2, -0.15) is 15.4 Å². The molecule has 1 N–H and O–H groups in total. The van der Waals surface area contributed by atoms with E-state index in [9.17, 15) is 0 Å². The highest BCUT2D eigenvalue weighted by Gasteiger charge is 2.19. The van der Waals surface area contributed by atoms with Crippen molar-refractivity contribution in [1.82, 2.24) is 25.4 Å². The first-order chi connectivity index (χ1) is 11.2. The summed E-state index contributed by atoms with van der Waals surface area (Å²) in [4.78, 5) is 8.59. The lowest BCUT2D eigenvalue weighted by molar-refractivity contribution is 0.306. The Kier molecular flexibility index (Phi) is 4.73. The number of hydrogen-bond acceptors (Lipinski definition) is 5. The third-order valence-corrected chi connectivity index (χ3v) is 3.86. The van der Waals surface area contributed by atoms with Crippen molar-refractivity contribution in [3.05, 3.63) is 40.8 Å². The molecule has 0 atom stereocenters. The lowest BCUT2D eigenvalue weighted by atomic mass is 10.0. The molecule has 0 saturated carbocycles. The van der Waals surface area contributed by atoms with Crippen LogP contribution < -0.4 is 4.74 Å². The first kappa shape index (κ1) is 15.7. The van der Waals surface area contributed by atoms with Crippen molar-refractivity contribution in [3.63, 3.8) is 0 Å². The van der Waals surface area contributed by atoms with E-state index in [0.29, 0.717) is 39.5 Å². The molecule has 0 unspecified atom stereocenters. The zero-order chi connectivity index (χ0) is 16.2. The monoisotopic (exact) mass is 349 g/mol. The molecule has 0 aliphatic rings. The van der Waals surface area contributed by atoms with E-state index in [-0.39, 0.29) is 0 Å². The van der Waals surface area contributed by atoms with E-state index in [0.717, 1.165) is 12.0 Å². The van der Waals surface area contributed by atoms with Gasteiger partial charge >= 0.3 is 0 Å². The van der Waals surface area contributed by atoms with E-state index in [1.54, 1.807) is 18.3 Å². The summed E-state index contributed by atoms with van der Waals surface area (Å²) >= 11 is 12.1. The molecular formula is C15H13Cl2N5O. The Morgan fingerprint density at radius 1 is 1.17 bits per heavy atom. The maximum Gasteiger partial charge on any atom is 0.226 e. The molecule has 0 spiro atoms. The highest BCUT2D eigenvalue weighted by molar-refractivity contribution is 6.42. The van der Waals surface area contributed by atoms with Gasteiger partial charge in [-0.1, -0.05) is 36.2 Å². The molecule has 2 heterocycles. The Hall–Kier alpha value is -2.18. The number of nitrogens with zero attached hydrogens (tertiary/aromatic N) is 4. The van der Waals surface area contributed by atoms with Gasteiger partial charge in [0.2, 0.25) is 5.88 Å². The molecule has 23 heavy (non-hydrogen) atoms. The third kappa shape index (κ3) is 3.28. The van der Waals surface area contributed by atoms with Crippen LogP contribution in [0.3, 0.4) is 0 Å². The van der Waals surface area contributed by atoms with Crippen LogP contribution in [0.1, 0.15) is 13.3 Å². The smallest absolute Gasteiger partial charge is 0.226 e. The van der Waals surface area contributed by atoms with Gasteiger partial charge in [0.1, 0.15) is 12.0 Å². The number of rotatable bonds is 5. The van der Waals surface area contributed by atoms with Gasteiger partial charge in [-0.25, -0.2) is 9.97 Å². The first-order valence-electron chi connectivity index (χ1n) is 7.00. The van der Waals surface area contributed by atoms with Crippen molar-refractivity contribution in [2.24, 2.45) is 0 Å². The summed E-state index contributed by atoms with van der Waals surface area (Å²) in [6.07, 6.45) is 3.91. The second-order valence-corrected chi connectivity index (χ2v) is 5.55. The number of aromatic nitrogens is 5. The fourth-order valence-corrected chi connectivity index (χ4v) is 2.39. The predicted octanol–water partition coefficient (Wildman–Crippen LogP) is 4.02. The maximum absolute atomic E-state index is 6.12. The summed E-state index contributed by atoms with van der Waals surface area (Å²) in [6.45, 7) is 2.57. The number of hydrogen-bond donors (Lipinski definition) is 1. The van der Waals surface area contributed by atoms with Crippen LogP contribution in [0.2, 0.25) is 10.0 Å². The first-order valence-corrected chi connectivity index (χ1v) is 7.75. The van der Waals surface area contributed by atoms with Crippen molar-refractivity contribution in [2.75, 3.05) is 6.61 Å². The fraction of sp³-hybridized carbons (Fsp3) is 0.200. The van der Waals surface area contributed by atoms with Crippen LogP contribution in [0.4, 0.5) is 0 Å². The Balaban J connectivity index is 2.17. The quantitative estimate of drug-likeness (QED) is 0.752. The van der Waals surface area contributed by atoms with Gasteiger partial charge < -0.3 is 4.74 Å². The Morgan fingerprint density at radius 2 is 2.04 bits per heavy atom. The molecule has 8 heteroatoms. The second-order valence-electron chi connectivity index (χ2n) is 4.74. The van der Waals surface area contributed by atoms with Gasteiger partial charge in [0.25, 0.3) is 0 Å². The lowest BCUT2D eigenvalue weighted by Gasteiger charge is -2.12. The number of H-pyrrole nitrogens is 1. The Morgan fingerprint density at radius 3 is 2.74 bits per heavy atom. The van der Waals surface area contributed by atoms with Crippen LogP contribution in [0.15, 0.2) is 30.7 Å². The van der Waals surface area contributed by atoms with Crippen LogP contribution in [-0.2, 0) is 0 Å². The van der Waals surface area contributed by atoms with Crippen LogP contribution >= 0.6 is 23.2 Å². The van der Waals surface area contributed by atoms with Crippen LogP contribution in [0.5, 0.6) is 5.88 Å². The zero-order valence-electron chi connectivity index (χ0n) is 12.3. The van der Waals surface area contributed by atoms with E-state index in [4.69, 9.17) is 27.9 Å².